The second kappa shape index (κ2) is 12.6. The normalized spacial score (nSPS) is 12.5. The van der Waals surface area contributed by atoms with Gasteiger partial charge in [0, 0.05) is 32.7 Å². The maximum atomic E-state index is 12.4. The van der Waals surface area contributed by atoms with Crippen molar-refractivity contribution in [2.45, 2.75) is 6.42 Å². The molecule has 1 aromatic heterocycles. The summed E-state index contributed by atoms with van der Waals surface area (Å²) in [5, 5.41) is 12.5. The van der Waals surface area contributed by atoms with Crippen LogP contribution < -0.4 is 35.2 Å². The Morgan fingerprint density at radius 2 is 2.02 bits per heavy atom. The first-order valence-corrected chi connectivity index (χ1v) is 15.0. The second-order valence-corrected chi connectivity index (χ2v) is 11.6. The predicted octanol–water partition coefficient (Wildman–Crippen LogP) is 3.73. The number of rotatable bonds is 12. The lowest BCUT2D eigenvalue weighted by atomic mass is 10.1. The third-order valence-corrected chi connectivity index (χ3v) is 7.91. The van der Waals surface area contributed by atoms with Gasteiger partial charge in [-0.05, 0) is 37.2 Å². The number of para-hydroxylation sites is 1. The number of nitrogens with zero attached hydrogens (tertiary/aromatic N) is 4. The average Bonchev–Trinajstić information content (AvgIpc) is 3.40. The number of fused-ring (bicyclic) bond motifs is 1. The van der Waals surface area contributed by atoms with E-state index < -0.39 is 10.0 Å². The number of hydrogen-bond donors (Lipinski definition) is 4. The minimum Gasteiger partial charge on any atom is -0.494 e. The highest BCUT2D eigenvalue weighted by Crippen LogP contribution is 2.40. The van der Waals surface area contributed by atoms with Crippen LogP contribution in [0.2, 0.25) is 5.02 Å². The van der Waals surface area contributed by atoms with Gasteiger partial charge in [0.05, 0.1) is 48.0 Å². The number of methoxy groups -OCH3 is 1. The lowest BCUT2D eigenvalue weighted by Gasteiger charge is -2.24. The number of halogens is 1. The highest BCUT2D eigenvalue weighted by Gasteiger charge is 2.29. The molecule has 0 saturated heterocycles. The first-order chi connectivity index (χ1) is 19.5. The molecule has 1 aliphatic rings. The van der Waals surface area contributed by atoms with E-state index in [4.69, 9.17) is 16.3 Å². The number of benzene rings is 2. The second-order valence-electron chi connectivity index (χ2n) is 9.33. The summed E-state index contributed by atoms with van der Waals surface area (Å²) in [7, 11) is 1.85. The minimum atomic E-state index is -3.47. The Balaban J connectivity index is 1.68. The summed E-state index contributed by atoms with van der Waals surface area (Å²) in [6, 6.07) is 9.05. The molecule has 0 saturated carbocycles. The van der Waals surface area contributed by atoms with Crippen LogP contribution in [0.25, 0.3) is 0 Å². The summed E-state index contributed by atoms with van der Waals surface area (Å²) in [6.07, 6.45) is 4.41. The zero-order chi connectivity index (χ0) is 29.7. The Kier molecular flexibility index (Phi) is 9.21. The van der Waals surface area contributed by atoms with Gasteiger partial charge in [0.1, 0.15) is 10.8 Å². The molecule has 0 aliphatic carbocycles. The first-order valence-electron chi connectivity index (χ1n) is 12.7. The molecule has 14 heteroatoms. The van der Waals surface area contributed by atoms with Gasteiger partial charge in [-0.1, -0.05) is 30.3 Å². The van der Waals surface area contributed by atoms with Crippen molar-refractivity contribution in [3.8, 4) is 5.75 Å². The Labute approximate surface area is 244 Å². The van der Waals surface area contributed by atoms with Crippen molar-refractivity contribution in [1.29, 1.82) is 0 Å². The molecule has 0 radical (unpaired) electrons. The van der Waals surface area contributed by atoms with Crippen molar-refractivity contribution < 1.29 is 17.9 Å². The zero-order valence-corrected chi connectivity index (χ0v) is 24.9. The Bertz CT molecular complexity index is 1570. The van der Waals surface area contributed by atoms with E-state index in [1.807, 2.05) is 31.1 Å². The Hall–Kier alpha value is -4.07. The van der Waals surface area contributed by atoms with E-state index in [0.29, 0.717) is 48.0 Å². The fraction of sp³-hybridized carbons (Fsp3) is 0.296. The van der Waals surface area contributed by atoms with Crippen LogP contribution >= 0.6 is 11.6 Å². The third kappa shape index (κ3) is 6.81. The monoisotopic (exact) mass is 600 g/mol. The number of carbonyl (C=O) groups is 1. The van der Waals surface area contributed by atoms with Crippen molar-refractivity contribution in [2.24, 2.45) is 0 Å². The van der Waals surface area contributed by atoms with Crippen LogP contribution in [0, 0.1) is 0 Å². The number of ether oxygens (including phenoxy) is 1. The number of sulfonamides is 1. The maximum absolute atomic E-state index is 12.4. The van der Waals surface area contributed by atoms with Gasteiger partial charge >= 0.3 is 0 Å². The summed E-state index contributed by atoms with van der Waals surface area (Å²) in [5.74, 6) is 0.600. The van der Waals surface area contributed by atoms with E-state index in [-0.39, 0.29) is 22.7 Å². The fourth-order valence-electron chi connectivity index (χ4n) is 4.45. The maximum Gasteiger partial charge on any atom is 0.247 e. The van der Waals surface area contributed by atoms with Gasteiger partial charge in [0.15, 0.2) is 5.82 Å². The molecule has 12 nitrogen and oxygen atoms in total. The third-order valence-electron chi connectivity index (χ3n) is 6.47. The van der Waals surface area contributed by atoms with Crippen LogP contribution in [0.1, 0.15) is 5.56 Å². The number of likely N-dealkylation sites (N-methyl/N-ethyl adjacent to an activating group) is 2. The summed E-state index contributed by atoms with van der Waals surface area (Å²) in [5.41, 5.74) is 3.80. The van der Waals surface area contributed by atoms with Crippen molar-refractivity contribution in [3.63, 3.8) is 0 Å². The van der Waals surface area contributed by atoms with Crippen molar-refractivity contribution >= 4 is 67.7 Å². The number of hydrogen-bond acceptors (Lipinski definition) is 10. The molecule has 4 N–H and O–H groups in total. The summed E-state index contributed by atoms with van der Waals surface area (Å²) < 4.78 is 31.8. The quantitative estimate of drug-likeness (QED) is 0.227. The van der Waals surface area contributed by atoms with Gasteiger partial charge in [-0.25, -0.2) is 13.4 Å². The van der Waals surface area contributed by atoms with Gasteiger partial charge in [0.2, 0.25) is 21.9 Å². The van der Waals surface area contributed by atoms with Crippen LogP contribution in [0.4, 0.5) is 40.2 Å². The molecule has 4 rings (SSSR count). The topological polar surface area (TPSA) is 141 Å². The molecular formula is C27H33ClN8O4S. The Morgan fingerprint density at radius 1 is 1.24 bits per heavy atom. The molecule has 0 bridgehead atoms. The van der Waals surface area contributed by atoms with Crippen LogP contribution in [0.5, 0.6) is 5.75 Å². The number of nitrogens with one attached hydrogen (secondary N) is 4. The number of carbonyl (C=O) groups excluding carboxylic acids is 1. The number of aromatic nitrogens is 2. The van der Waals surface area contributed by atoms with Crippen molar-refractivity contribution in [3.05, 3.63) is 59.8 Å². The van der Waals surface area contributed by atoms with E-state index in [9.17, 15) is 13.2 Å². The van der Waals surface area contributed by atoms with Crippen LogP contribution in [-0.2, 0) is 21.2 Å². The van der Waals surface area contributed by atoms with E-state index >= 15 is 0 Å². The van der Waals surface area contributed by atoms with E-state index in [1.165, 1.54) is 22.8 Å². The van der Waals surface area contributed by atoms with Gasteiger partial charge in [0.25, 0.3) is 0 Å². The summed E-state index contributed by atoms with van der Waals surface area (Å²) >= 11 is 6.44. The zero-order valence-electron chi connectivity index (χ0n) is 23.3. The first kappa shape index (κ1) is 29.9. The largest absolute Gasteiger partial charge is 0.494 e. The highest BCUT2D eigenvalue weighted by molar-refractivity contribution is 7.92. The molecule has 41 heavy (non-hydrogen) atoms. The molecule has 218 valence electrons. The van der Waals surface area contributed by atoms with E-state index in [1.54, 1.807) is 25.3 Å². The number of amides is 1. The SMILES string of the molecule is C=CC(=O)Nc1cc(Nc2ncc(Cl)c(Nc3cccc4c3N(S(C)(=O)=O)CC4)n2)c(OC)cc1N(C)CCNC. The van der Waals surface area contributed by atoms with Gasteiger partial charge in [-0.3, -0.25) is 9.10 Å². The molecule has 3 aromatic rings. The molecule has 1 amide bonds. The Morgan fingerprint density at radius 3 is 2.71 bits per heavy atom. The standard InChI is InChI=1S/C27H33ClN8O4S/c1-6-24(37)31-20-14-21(23(40-4)15-22(20)35(3)13-11-29-2)33-27-30-16-18(28)26(34-27)32-19-9-7-8-17-10-12-36(25(17)19)41(5,38)39/h6-9,14-16,29H,1,10-13H2,2-5H3,(H,31,37)(H2,30,32,33,34). The fourth-order valence-corrected chi connectivity index (χ4v) is 5.56. The lowest BCUT2D eigenvalue weighted by molar-refractivity contribution is -0.111. The average molecular weight is 601 g/mol. The molecule has 0 fully saturated rings. The highest BCUT2D eigenvalue weighted by atomic mass is 35.5. The van der Waals surface area contributed by atoms with Crippen LogP contribution in [0.15, 0.2) is 49.2 Å². The molecule has 0 atom stereocenters. The van der Waals surface area contributed by atoms with E-state index in [2.05, 4.69) is 37.8 Å². The van der Waals surface area contributed by atoms with Crippen molar-refractivity contribution in [2.75, 3.05) is 72.3 Å². The molecule has 1 aliphatic heterocycles. The molecule has 2 aromatic carbocycles. The summed E-state index contributed by atoms with van der Waals surface area (Å²) in [4.78, 5) is 23.1. The molecule has 2 heterocycles. The van der Waals surface area contributed by atoms with Crippen LogP contribution in [0.3, 0.4) is 0 Å². The summed E-state index contributed by atoms with van der Waals surface area (Å²) in [6.45, 7) is 5.32. The lowest BCUT2D eigenvalue weighted by Crippen LogP contribution is -2.28. The minimum absolute atomic E-state index is 0.194. The smallest absolute Gasteiger partial charge is 0.247 e. The van der Waals surface area contributed by atoms with Gasteiger partial charge in [-0.2, -0.15) is 4.98 Å². The van der Waals surface area contributed by atoms with Gasteiger partial charge < -0.3 is 30.9 Å². The van der Waals surface area contributed by atoms with Gasteiger partial charge in [-0.15, -0.1) is 0 Å². The molecular weight excluding hydrogens is 568 g/mol. The van der Waals surface area contributed by atoms with Crippen molar-refractivity contribution in [1.82, 2.24) is 15.3 Å². The molecule has 0 spiro atoms. The van der Waals surface area contributed by atoms with E-state index in [0.717, 1.165) is 17.8 Å². The van der Waals surface area contributed by atoms with Crippen LogP contribution in [-0.4, -0.2) is 71.4 Å². The number of anilines is 7. The molecule has 0 unspecified atom stereocenters. The predicted molar refractivity (Wildman–Crippen MR) is 165 cm³/mol.